The summed E-state index contributed by atoms with van der Waals surface area (Å²) in [5.74, 6) is 0.397. The molecule has 1 saturated heterocycles. The zero-order valence-electron chi connectivity index (χ0n) is 17.2. The fourth-order valence-electron chi connectivity index (χ4n) is 3.68. The van der Waals surface area contributed by atoms with E-state index >= 15 is 0 Å². The summed E-state index contributed by atoms with van der Waals surface area (Å²) < 4.78 is 28.9. The first-order valence-corrected chi connectivity index (χ1v) is 11.6. The van der Waals surface area contributed by atoms with Gasteiger partial charge in [0.2, 0.25) is 10.0 Å². The SMILES string of the molecule is CC(C)(C)n1nc(C2CC2)cc1C(=O)N1CCN(S(=O)(=O)c2ccccc2)CC1. The van der Waals surface area contributed by atoms with Crippen molar-refractivity contribution in [3.63, 3.8) is 0 Å². The highest BCUT2D eigenvalue weighted by molar-refractivity contribution is 7.89. The summed E-state index contributed by atoms with van der Waals surface area (Å²) >= 11 is 0. The van der Waals surface area contributed by atoms with Gasteiger partial charge in [-0.05, 0) is 51.8 Å². The Morgan fingerprint density at radius 2 is 1.66 bits per heavy atom. The number of rotatable bonds is 4. The summed E-state index contributed by atoms with van der Waals surface area (Å²) in [5.41, 5.74) is 1.30. The molecule has 0 bridgehead atoms. The topological polar surface area (TPSA) is 75.5 Å². The summed E-state index contributed by atoms with van der Waals surface area (Å²) in [4.78, 5) is 15.3. The number of carbonyl (C=O) groups is 1. The molecule has 2 aliphatic rings. The highest BCUT2D eigenvalue weighted by atomic mass is 32.2. The van der Waals surface area contributed by atoms with Crippen LogP contribution in [-0.4, -0.2) is 59.5 Å². The second kappa shape index (κ2) is 7.25. The molecule has 0 atom stereocenters. The molecule has 8 heteroatoms. The molecule has 29 heavy (non-hydrogen) atoms. The summed E-state index contributed by atoms with van der Waals surface area (Å²) in [6, 6.07) is 10.4. The molecule has 1 aliphatic carbocycles. The van der Waals surface area contributed by atoms with E-state index in [0.29, 0.717) is 42.7 Å². The van der Waals surface area contributed by atoms with Crippen LogP contribution >= 0.6 is 0 Å². The van der Waals surface area contributed by atoms with Crippen molar-refractivity contribution >= 4 is 15.9 Å². The van der Waals surface area contributed by atoms with Crippen molar-refractivity contribution in [2.75, 3.05) is 26.2 Å². The molecular weight excluding hydrogens is 388 g/mol. The van der Waals surface area contributed by atoms with Crippen molar-refractivity contribution in [3.05, 3.63) is 47.8 Å². The molecule has 1 aromatic carbocycles. The molecule has 1 amide bonds. The molecule has 2 aromatic rings. The van der Waals surface area contributed by atoms with Gasteiger partial charge < -0.3 is 4.90 Å². The van der Waals surface area contributed by atoms with E-state index in [0.717, 1.165) is 18.5 Å². The highest BCUT2D eigenvalue weighted by Crippen LogP contribution is 2.40. The largest absolute Gasteiger partial charge is 0.335 e. The number of sulfonamides is 1. The van der Waals surface area contributed by atoms with Gasteiger partial charge in [0.1, 0.15) is 5.69 Å². The third-order valence-corrected chi connectivity index (χ3v) is 7.40. The van der Waals surface area contributed by atoms with Crippen molar-refractivity contribution in [1.29, 1.82) is 0 Å². The number of carbonyl (C=O) groups excluding carboxylic acids is 1. The molecule has 1 aliphatic heterocycles. The average Bonchev–Trinajstić information content (AvgIpc) is 3.45. The fourth-order valence-corrected chi connectivity index (χ4v) is 5.12. The van der Waals surface area contributed by atoms with Crippen molar-refractivity contribution in [1.82, 2.24) is 19.0 Å². The molecule has 0 N–H and O–H groups in total. The summed E-state index contributed by atoms with van der Waals surface area (Å²) in [5, 5.41) is 4.72. The second-order valence-corrected chi connectivity index (χ2v) is 10.8. The Labute approximate surface area is 172 Å². The Kier molecular flexibility index (Phi) is 5.02. The lowest BCUT2D eigenvalue weighted by molar-refractivity contribution is 0.0677. The molecular formula is C21H28N4O3S. The molecule has 2 fully saturated rings. The summed E-state index contributed by atoms with van der Waals surface area (Å²) in [6.07, 6.45) is 2.26. The number of amides is 1. The number of aromatic nitrogens is 2. The first-order valence-electron chi connectivity index (χ1n) is 10.1. The maximum atomic E-state index is 13.2. The first-order chi connectivity index (χ1) is 13.7. The Morgan fingerprint density at radius 3 is 2.21 bits per heavy atom. The Balaban J connectivity index is 1.50. The number of benzene rings is 1. The number of hydrogen-bond donors (Lipinski definition) is 0. The van der Waals surface area contributed by atoms with E-state index in [-0.39, 0.29) is 11.4 Å². The quantitative estimate of drug-likeness (QED) is 0.768. The highest BCUT2D eigenvalue weighted by Gasteiger charge is 2.35. The van der Waals surface area contributed by atoms with Crippen LogP contribution in [0.4, 0.5) is 0 Å². The molecule has 7 nitrogen and oxygen atoms in total. The maximum Gasteiger partial charge on any atom is 0.272 e. The zero-order chi connectivity index (χ0) is 20.8. The van der Waals surface area contributed by atoms with Gasteiger partial charge in [0.25, 0.3) is 5.91 Å². The molecule has 1 aromatic heterocycles. The van der Waals surface area contributed by atoms with Gasteiger partial charge in [-0.3, -0.25) is 9.48 Å². The summed E-state index contributed by atoms with van der Waals surface area (Å²) in [6.45, 7) is 7.45. The lowest BCUT2D eigenvalue weighted by atomic mass is 10.1. The molecule has 1 saturated carbocycles. The van der Waals surface area contributed by atoms with Gasteiger partial charge in [0.05, 0.1) is 16.1 Å². The van der Waals surface area contributed by atoms with E-state index in [1.807, 2.05) is 31.5 Å². The van der Waals surface area contributed by atoms with Crippen LogP contribution in [-0.2, 0) is 15.6 Å². The Bertz CT molecular complexity index is 996. The van der Waals surface area contributed by atoms with Gasteiger partial charge in [-0.25, -0.2) is 8.42 Å². The Hall–Kier alpha value is -2.19. The molecule has 156 valence electrons. The zero-order valence-corrected chi connectivity index (χ0v) is 18.0. The van der Waals surface area contributed by atoms with Gasteiger partial charge in [0.15, 0.2) is 0 Å². The number of nitrogens with zero attached hydrogens (tertiary/aromatic N) is 4. The second-order valence-electron chi connectivity index (χ2n) is 8.82. The van der Waals surface area contributed by atoms with Crippen molar-refractivity contribution in [3.8, 4) is 0 Å². The normalized spacial score (nSPS) is 18.8. The standard InChI is InChI=1S/C21H28N4O3S/c1-21(2,3)25-19(15-18(22-25)16-9-10-16)20(26)23-11-13-24(14-12-23)29(27,28)17-7-5-4-6-8-17/h4-8,15-16H,9-14H2,1-3H3. The third kappa shape index (κ3) is 3.96. The van der Waals surface area contributed by atoms with Crippen LogP contribution < -0.4 is 0 Å². The molecule has 2 heterocycles. The van der Waals surface area contributed by atoms with E-state index in [2.05, 4.69) is 0 Å². The van der Waals surface area contributed by atoms with Gasteiger partial charge in [-0.2, -0.15) is 9.40 Å². The van der Waals surface area contributed by atoms with Crippen LogP contribution in [0, 0.1) is 0 Å². The van der Waals surface area contributed by atoms with Gasteiger partial charge in [-0.1, -0.05) is 18.2 Å². The monoisotopic (exact) mass is 416 g/mol. The molecule has 0 radical (unpaired) electrons. The van der Waals surface area contributed by atoms with E-state index in [1.54, 1.807) is 35.2 Å². The first kappa shape index (κ1) is 20.1. The van der Waals surface area contributed by atoms with Crippen molar-refractivity contribution in [2.24, 2.45) is 0 Å². The van der Waals surface area contributed by atoms with Crippen LogP contribution in [0.15, 0.2) is 41.3 Å². The minimum atomic E-state index is -3.53. The van der Waals surface area contributed by atoms with E-state index in [4.69, 9.17) is 5.10 Å². The van der Waals surface area contributed by atoms with E-state index in [9.17, 15) is 13.2 Å². The fraction of sp³-hybridized carbons (Fsp3) is 0.524. The van der Waals surface area contributed by atoms with Crippen molar-refractivity contribution in [2.45, 2.75) is 50.0 Å². The third-order valence-electron chi connectivity index (χ3n) is 5.49. The number of hydrogen-bond acceptors (Lipinski definition) is 4. The van der Waals surface area contributed by atoms with Crippen LogP contribution in [0.25, 0.3) is 0 Å². The Morgan fingerprint density at radius 1 is 1.03 bits per heavy atom. The van der Waals surface area contributed by atoms with Crippen LogP contribution in [0.5, 0.6) is 0 Å². The molecule has 0 unspecified atom stereocenters. The maximum absolute atomic E-state index is 13.2. The van der Waals surface area contributed by atoms with Gasteiger partial charge >= 0.3 is 0 Å². The molecule has 4 rings (SSSR count). The lowest BCUT2D eigenvalue weighted by Gasteiger charge is -2.34. The minimum absolute atomic E-state index is 0.0731. The predicted octanol–water partition coefficient (Wildman–Crippen LogP) is 2.66. The van der Waals surface area contributed by atoms with Gasteiger partial charge in [-0.15, -0.1) is 0 Å². The van der Waals surface area contributed by atoms with Crippen molar-refractivity contribution < 1.29 is 13.2 Å². The predicted molar refractivity (Wildman–Crippen MR) is 110 cm³/mol. The van der Waals surface area contributed by atoms with Crippen LogP contribution in [0.2, 0.25) is 0 Å². The van der Waals surface area contributed by atoms with E-state index in [1.165, 1.54) is 4.31 Å². The number of piperazine rings is 1. The van der Waals surface area contributed by atoms with Gasteiger partial charge in [0, 0.05) is 32.1 Å². The smallest absolute Gasteiger partial charge is 0.272 e. The average molecular weight is 417 g/mol. The summed E-state index contributed by atoms with van der Waals surface area (Å²) in [7, 11) is -3.53. The molecule has 0 spiro atoms. The van der Waals surface area contributed by atoms with E-state index < -0.39 is 10.0 Å². The van der Waals surface area contributed by atoms with Crippen LogP contribution in [0.1, 0.15) is 55.7 Å². The van der Waals surface area contributed by atoms with Crippen LogP contribution in [0.3, 0.4) is 0 Å². The lowest BCUT2D eigenvalue weighted by Crippen LogP contribution is -2.51. The minimum Gasteiger partial charge on any atom is -0.335 e.